The van der Waals surface area contributed by atoms with Gasteiger partial charge < -0.3 is 10.6 Å². The zero-order valence-corrected chi connectivity index (χ0v) is 12.7. The lowest BCUT2D eigenvalue weighted by molar-refractivity contribution is -0.121. The van der Waals surface area contributed by atoms with Gasteiger partial charge in [0.05, 0.1) is 5.56 Å². The van der Waals surface area contributed by atoms with Crippen molar-refractivity contribution >= 4 is 27.7 Å². The minimum absolute atomic E-state index is 0.0537. The van der Waals surface area contributed by atoms with Gasteiger partial charge in [0.2, 0.25) is 5.91 Å². The normalized spacial score (nSPS) is 11.7. The standard InChI is InChI=1S/C13H18BrN3O2/c1-3-9(2)17-12(18)4-5-16-13(19)10-6-11(14)8-15-7-10/h6-9H,3-5H2,1-2H3,(H,16,19)(H,17,18). The summed E-state index contributed by atoms with van der Waals surface area (Å²) in [7, 11) is 0. The van der Waals surface area contributed by atoms with Gasteiger partial charge in [0.15, 0.2) is 0 Å². The van der Waals surface area contributed by atoms with Gasteiger partial charge in [-0.15, -0.1) is 0 Å². The maximum atomic E-state index is 11.8. The van der Waals surface area contributed by atoms with Crippen LogP contribution in [0.25, 0.3) is 0 Å². The van der Waals surface area contributed by atoms with E-state index in [1.54, 1.807) is 12.3 Å². The largest absolute Gasteiger partial charge is 0.354 e. The maximum Gasteiger partial charge on any atom is 0.252 e. The van der Waals surface area contributed by atoms with Gasteiger partial charge in [0, 0.05) is 35.9 Å². The predicted molar refractivity (Wildman–Crippen MR) is 76.8 cm³/mol. The molecular formula is C13H18BrN3O2. The molecule has 0 spiro atoms. The van der Waals surface area contributed by atoms with Crippen molar-refractivity contribution in [2.75, 3.05) is 6.54 Å². The Bertz CT molecular complexity index is 451. The highest BCUT2D eigenvalue weighted by Gasteiger charge is 2.08. The van der Waals surface area contributed by atoms with Crippen LogP contribution in [0.3, 0.4) is 0 Å². The van der Waals surface area contributed by atoms with Gasteiger partial charge in [-0.1, -0.05) is 6.92 Å². The molecule has 2 N–H and O–H groups in total. The lowest BCUT2D eigenvalue weighted by Gasteiger charge is -2.11. The van der Waals surface area contributed by atoms with Crippen molar-refractivity contribution in [3.8, 4) is 0 Å². The number of halogens is 1. The number of nitrogens with one attached hydrogen (secondary N) is 2. The van der Waals surface area contributed by atoms with Crippen LogP contribution in [0.1, 0.15) is 37.0 Å². The number of amides is 2. The van der Waals surface area contributed by atoms with Crippen molar-refractivity contribution in [3.63, 3.8) is 0 Å². The van der Waals surface area contributed by atoms with Crippen LogP contribution >= 0.6 is 15.9 Å². The van der Waals surface area contributed by atoms with Crippen molar-refractivity contribution in [2.24, 2.45) is 0 Å². The minimum atomic E-state index is -0.231. The Morgan fingerprint density at radius 3 is 2.79 bits per heavy atom. The molecule has 104 valence electrons. The van der Waals surface area contributed by atoms with E-state index in [9.17, 15) is 9.59 Å². The second kappa shape index (κ2) is 7.89. The molecule has 0 aliphatic heterocycles. The summed E-state index contributed by atoms with van der Waals surface area (Å²) >= 11 is 3.25. The van der Waals surface area contributed by atoms with E-state index < -0.39 is 0 Å². The Labute approximate surface area is 121 Å². The third kappa shape index (κ3) is 5.83. The van der Waals surface area contributed by atoms with Crippen molar-refractivity contribution in [2.45, 2.75) is 32.7 Å². The molecule has 19 heavy (non-hydrogen) atoms. The molecule has 0 fully saturated rings. The van der Waals surface area contributed by atoms with Crippen LogP contribution in [-0.2, 0) is 4.79 Å². The molecule has 1 aromatic rings. The van der Waals surface area contributed by atoms with Crippen LogP contribution < -0.4 is 10.6 Å². The Morgan fingerprint density at radius 1 is 1.42 bits per heavy atom. The Morgan fingerprint density at radius 2 is 2.16 bits per heavy atom. The summed E-state index contributed by atoms with van der Waals surface area (Å²) in [4.78, 5) is 27.2. The summed E-state index contributed by atoms with van der Waals surface area (Å²) in [5, 5.41) is 5.53. The minimum Gasteiger partial charge on any atom is -0.354 e. The lowest BCUT2D eigenvalue weighted by atomic mass is 10.2. The lowest BCUT2D eigenvalue weighted by Crippen LogP contribution is -2.35. The SMILES string of the molecule is CCC(C)NC(=O)CCNC(=O)c1cncc(Br)c1. The smallest absolute Gasteiger partial charge is 0.252 e. The van der Waals surface area contributed by atoms with Gasteiger partial charge in [0.25, 0.3) is 5.91 Å². The summed E-state index contributed by atoms with van der Waals surface area (Å²) in [5.74, 6) is -0.285. The molecule has 1 rings (SSSR count). The van der Waals surface area contributed by atoms with Crippen LogP contribution in [0.15, 0.2) is 22.9 Å². The van der Waals surface area contributed by atoms with Crippen LogP contribution in [0.5, 0.6) is 0 Å². The number of carbonyl (C=O) groups excluding carboxylic acids is 2. The molecular weight excluding hydrogens is 310 g/mol. The summed E-state index contributed by atoms with van der Waals surface area (Å²) < 4.78 is 0.745. The van der Waals surface area contributed by atoms with E-state index in [0.717, 1.165) is 10.9 Å². The highest BCUT2D eigenvalue weighted by Crippen LogP contribution is 2.09. The second-order valence-corrected chi connectivity index (χ2v) is 5.19. The molecule has 0 bridgehead atoms. The first-order valence-corrected chi connectivity index (χ1v) is 7.00. The fraction of sp³-hybridized carbons (Fsp3) is 0.462. The Hall–Kier alpha value is -1.43. The van der Waals surface area contributed by atoms with Gasteiger partial charge >= 0.3 is 0 Å². The number of rotatable bonds is 6. The van der Waals surface area contributed by atoms with E-state index in [2.05, 4.69) is 31.5 Å². The van der Waals surface area contributed by atoms with E-state index >= 15 is 0 Å². The fourth-order valence-electron chi connectivity index (χ4n) is 1.38. The van der Waals surface area contributed by atoms with Gasteiger partial charge in [-0.05, 0) is 35.3 Å². The summed E-state index contributed by atoms with van der Waals surface area (Å²) in [6, 6.07) is 1.85. The molecule has 0 aliphatic carbocycles. The predicted octanol–water partition coefficient (Wildman–Crippen LogP) is 1.88. The first kappa shape index (κ1) is 15.6. The summed E-state index contributed by atoms with van der Waals surface area (Å²) in [6.07, 6.45) is 4.26. The Kier molecular flexibility index (Phi) is 6.49. The van der Waals surface area contributed by atoms with Crippen molar-refractivity contribution in [1.82, 2.24) is 15.6 Å². The number of pyridine rings is 1. The van der Waals surface area contributed by atoms with Crippen LogP contribution in [0.4, 0.5) is 0 Å². The Balaban J connectivity index is 2.33. The highest BCUT2D eigenvalue weighted by molar-refractivity contribution is 9.10. The zero-order chi connectivity index (χ0) is 14.3. The van der Waals surface area contributed by atoms with Gasteiger partial charge in [0.1, 0.15) is 0 Å². The molecule has 0 aliphatic rings. The van der Waals surface area contributed by atoms with Crippen LogP contribution in [0, 0.1) is 0 Å². The van der Waals surface area contributed by atoms with E-state index in [1.807, 2.05) is 13.8 Å². The van der Waals surface area contributed by atoms with E-state index in [1.165, 1.54) is 6.20 Å². The molecule has 1 atom stereocenters. The topological polar surface area (TPSA) is 71.1 Å². The van der Waals surface area contributed by atoms with Crippen LogP contribution in [-0.4, -0.2) is 29.4 Å². The fourth-order valence-corrected chi connectivity index (χ4v) is 1.74. The maximum absolute atomic E-state index is 11.8. The first-order chi connectivity index (χ1) is 9.02. The molecule has 5 nitrogen and oxygen atoms in total. The van der Waals surface area contributed by atoms with Crippen molar-refractivity contribution < 1.29 is 9.59 Å². The molecule has 1 unspecified atom stereocenters. The van der Waals surface area contributed by atoms with Crippen molar-refractivity contribution in [3.05, 3.63) is 28.5 Å². The van der Waals surface area contributed by atoms with Crippen molar-refractivity contribution in [1.29, 1.82) is 0 Å². The number of nitrogens with zero attached hydrogens (tertiary/aromatic N) is 1. The van der Waals surface area contributed by atoms with Gasteiger partial charge in [-0.3, -0.25) is 14.6 Å². The average molecular weight is 328 g/mol. The van der Waals surface area contributed by atoms with E-state index in [0.29, 0.717) is 12.1 Å². The van der Waals surface area contributed by atoms with Gasteiger partial charge in [-0.25, -0.2) is 0 Å². The third-order valence-electron chi connectivity index (χ3n) is 2.62. The first-order valence-electron chi connectivity index (χ1n) is 6.21. The second-order valence-electron chi connectivity index (χ2n) is 4.27. The highest BCUT2D eigenvalue weighted by atomic mass is 79.9. The number of carbonyl (C=O) groups is 2. The third-order valence-corrected chi connectivity index (χ3v) is 3.06. The number of aromatic nitrogens is 1. The number of hydrogen-bond donors (Lipinski definition) is 2. The average Bonchev–Trinajstić information content (AvgIpc) is 2.38. The molecule has 1 aromatic heterocycles. The molecule has 0 saturated carbocycles. The number of hydrogen-bond acceptors (Lipinski definition) is 3. The monoisotopic (exact) mass is 327 g/mol. The molecule has 0 aromatic carbocycles. The molecule has 0 saturated heterocycles. The summed E-state index contributed by atoms with van der Waals surface area (Å²) in [5.41, 5.74) is 0.469. The van der Waals surface area contributed by atoms with E-state index in [-0.39, 0.29) is 24.3 Å². The zero-order valence-electron chi connectivity index (χ0n) is 11.1. The molecule has 6 heteroatoms. The summed E-state index contributed by atoms with van der Waals surface area (Å²) in [6.45, 7) is 4.27. The molecule has 0 radical (unpaired) electrons. The van der Waals surface area contributed by atoms with Gasteiger partial charge in [-0.2, -0.15) is 0 Å². The van der Waals surface area contributed by atoms with E-state index in [4.69, 9.17) is 0 Å². The quantitative estimate of drug-likeness (QED) is 0.838. The molecule has 1 heterocycles. The molecule has 2 amide bonds. The van der Waals surface area contributed by atoms with Crippen LogP contribution in [0.2, 0.25) is 0 Å².